The summed E-state index contributed by atoms with van der Waals surface area (Å²) in [5.74, 6) is 0.391. The Bertz CT molecular complexity index is 3070. The predicted molar refractivity (Wildman–Crippen MR) is 287 cm³/mol. The number of aryl methyl sites for hydroxylation is 4. The van der Waals surface area contributed by atoms with Crippen LogP contribution >= 0.6 is 80.1 Å². The van der Waals surface area contributed by atoms with E-state index in [1.54, 1.807) is 40.4 Å². The van der Waals surface area contributed by atoms with Gasteiger partial charge < -0.3 is 19.0 Å². The van der Waals surface area contributed by atoms with Gasteiger partial charge in [-0.15, -0.1) is 34.3 Å². The molecular weight excluding hydrogens is 1040 g/mol. The van der Waals surface area contributed by atoms with Gasteiger partial charge >= 0.3 is 0 Å². The van der Waals surface area contributed by atoms with Gasteiger partial charge in [-0.25, -0.2) is 9.36 Å². The van der Waals surface area contributed by atoms with E-state index in [9.17, 15) is 19.2 Å². The van der Waals surface area contributed by atoms with Gasteiger partial charge in [-0.1, -0.05) is 23.2 Å². The minimum Gasteiger partial charge on any atom is -0.379 e. The lowest BCUT2D eigenvalue weighted by molar-refractivity contribution is 0.0363. The highest BCUT2D eigenvalue weighted by molar-refractivity contribution is 7.16. The molecule has 2 aliphatic rings. The maximum atomic E-state index is 13.2. The topological polar surface area (TPSA) is 150 Å². The van der Waals surface area contributed by atoms with E-state index in [-0.39, 0.29) is 22.9 Å². The van der Waals surface area contributed by atoms with Crippen molar-refractivity contribution in [2.24, 2.45) is 0 Å². The van der Waals surface area contributed by atoms with Crippen molar-refractivity contribution in [1.29, 1.82) is 0 Å². The summed E-state index contributed by atoms with van der Waals surface area (Å²) >= 11 is 23.6. The van der Waals surface area contributed by atoms with E-state index in [0.717, 1.165) is 114 Å². The van der Waals surface area contributed by atoms with E-state index in [0.29, 0.717) is 53.0 Å². The molecule has 0 bridgehead atoms. The average Bonchev–Trinajstić information content (AvgIpc) is 4.26. The molecule has 10 heterocycles. The molecule has 2 aliphatic heterocycles. The van der Waals surface area contributed by atoms with Crippen LogP contribution in [0.2, 0.25) is 8.67 Å². The molecule has 0 aliphatic carbocycles. The van der Waals surface area contributed by atoms with Crippen molar-refractivity contribution in [2.45, 2.75) is 32.2 Å². The largest absolute Gasteiger partial charge is 0.379 e. The number of aromatic amines is 1. The van der Waals surface area contributed by atoms with Gasteiger partial charge in [0.05, 0.1) is 57.6 Å². The zero-order valence-corrected chi connectivity index (χ0v) is 44.1. The highest BCUT2D eigenvalue weighted by Crippen LogP contribution is 2.27. The summed E-state index contributed by atoms with van der Waals surface area (Å²) in [5, 5.41) is 16.5. The van der Waals surface area contributed by atoms with Gasteiger partial charge in [-0.2, -0.15) is 32.9 Å². The summed E-state index contributed by atoms with van der Waals surface area (Å²) in [6.45, 7) is 9.54. The third-order valence-corrected chi connectivity index (χ3v) is 15.7. The average molecular weight is 1090 g/mol. The molecule has 0 atom stereocenters. The molecule has 372 valence electrons. The van der Waals surface area contributed by atoms with Crippen molar-refractivity contribution >= 4 is 92.0 Å². The number of nitrogens with zero attached hydrogens (tertiary/aromatic N) is 7. The Labute approximate surface area is 441 Å². The van der Waals surface area contributed by atoms with Gasteiger partial charge in [0.1, 0.15) is 0 Å². The van der Waals surface area contributed by atoms with Crippen molar-refractivity contribution < 1.29 is 19.1 Å². The van der Waals surface area contributed by atoms with Crippen LogP contribution in [-0.2, 0) is 41.7 Å². The summed E-state index contributed by atoms with van der Waals surface area (Å²) in [7, 11) is 0. The fourth-order valence-corrected chi connectivity index (χ4v) is 11.5. The number of thiophene rings is 4. The molecule has 0 aromatic carbocycles. The number of halogens is 3. The molecule has 10 rings (SSSR count). The van der Waals surface area contributed by atoms with Crippen LogP contribution in [-0.4, -0.2) is 122 Å². The number of H-pyrrole nitrogens is 1. The first-order valence-corrected chi connectivity index (χ1v) is 27.8. The van der Waals surface area contributed by atoms with Crippen molar-refractivity contribution in [1.82, 2.24) is 38.9 Å². The molecule has 21 heteroatoms. The maximum Gasteiger partial charge on any atom is 0.279 e. The molecule has 71 heavy (non-hydrogen) atoms. The Morgan fingerprint density at radius 1 is 0.620 bits per heavy atom. The van der Waals surface area contributed by atoms with Crippen LogP contribution in [0, 0.1) is 0 Å². The lowest BCUT2D eigenvalue weighted by atomic mass is 10.1. The van der Waals surface area contributed by atoms with Gasteiger partial charge in [0, 0.05) is 119 Å². The molecular formula is C50H51Cl3N8O6S4. The van der Waals surface area contributed by atoms with E-state index in [1.807, 2.05) is 64.8 Å². The summed E-state index contributed by atoms with van der Waals surface area (Å²) in [6, 6.07) is 21.9. The monoisotopic (exact) mass is 1090 g/mol. The normalized spacial score (nSPS) is 14.1. The number of rotatable bonds is 15. The second-order valence-electron chi connectivity index (χ2n) is 16.4. The summed E-state index contributed by atoms with van der Waals surface area (Å²) in [6.07, 6.45) is 6.17. The number of nitrogens with one attached hydrogen (secondary N) is 1. The van der Waals surface area contributed by atoms with E-state index in [2.05, 4.69) is 25.0 Å². The van der Waals surface area contributed by atoms with Crippen LogP contribution in [0.3, 0.4) is 0 Å². The third kappa shape index (κ3) is 14.9. The molecule has 14 nitrogen and oxygen atoms in total. The lowest BCUT2D eigenvalue weighted by Crippen LogP contribution is -2.39. The maximum absolute atomic E-state index is 13.2. The van der Waals surface area contributed by atoms with Crippen LogP contribution in [0.5, 0.6) is 0 Å². The van der Waals surface area contributed by atoms with Gasteiger partial charge in [0.15, 0.2) is 0 Å². The second kappa shape index (κ2) is 26.2. The first-order valence-electron chi connectivity index (χ1n) is 23.0. The molecule has 1 N–H and O–H groups in total. The van der Waals surface area contributed by atoms with Crippen LogP contribution in [0.15, 0.2) is 116 Å². The van der Waals surface area contributed by atoms with Crippen molar-refractivity contribution in [2.75, 3.05) is 71.6 Å². The lowest BCUT2D eigenvalue weighted by Gasteiger charge is -2.26. The molecule has 2 saturated heterocycles. The standard InChI is InChI=1S/C25H25ClN4O3S2.C19H14ClN3O2S2.C6H12ClNO/c26-23-4-3-21(35-23)2-1-20-16-22(27-30(20)25(32)19-6-14-34-17-19)18-5-7-29(24(31)15-18)9-8-28-10-12-33-13-11-28;20-17-4-3-15(27-17)2-1-14-10-16(12-5-7-21-18(24)9-12)22-23(14)19(25)13-6-8-26-11-13;7-1-2-8-3-5-9-6-4-8/h3-7,14-17H,1-2,8-13H2;3-11H,1-2H2,(H,21,24);1-6H2. The molecule has 8 aromatic rings. The number of morpholine rings is 2. The Balaban J connectivity index is 0.000000166. The fourth-order valence-electron chi connectivity index (χ4n) is 7.80. The van der Waals surface area contributed by atoms with Crippen LogP contribution < -0.4 is 11.1 Å². The van der Waals surface area contributed by atoms with Crippen molar-refractivity contribution in [3.8, 4) is 22.5 Å². The van der Waals surface area contributed by atoms with Gasteiger partial charge in [-0.05, 0) is 97.1 Å². The number of pyridine rings is 2. The molecule has 0 radical (unpaired) electrons. The van der Waals surface area contributed by atoms with E-state index < -0.39 is 0 Å². The van der Waals surface area contributed by atoms with Crippen LogP contribution in [0.25, 0.3) is 22.5 Å². The number of carbonyl (C=O) groups excluding carboxylic acids is 2. The molecule has 0 spiro atoms. The SMILES string of the molecule is ClCCN1CCOCC1.O=C(c1ccsc1)n1nc(-c2cc[nH]c(=O)c2)cc1CCc1ccc(Cl)s1.O=C(c1ccsc1)n1nc(-c2ccn(CCN3CCOCC3)c(=O)c2)cc1CCc1ccc(Cl)s1. The highest BCUT2D eigenvalue weighted by atomic mass is 35.5. The van der Waals surface area contributed by atoms with E-state index in [1.165, 1.54) is 60.8 Å². The predicted octanol–water partition coefficient (Wildman–Crippen LogP) is 9.34. The molecule has 8 aromatic heterocycles. The number of hydrogen-bond donors (Lipinski definition) is 1. The Morgan fingerprint density at radius 3 is 1.59 bits per heavy atom. The summed E-state index contributed by atoms with van der Waals surface area (Å²) < 4.78 is 16.7. The minimum atomic E-state index is -0.207. The number of aromatic nitrogens is 6. The minimum absolute atomic E-state index is 0.0794. The Morgan fingerprint density at radius 2 is 1.14 bits per heavy atom. The van der Waals surface area contributed by atoms with E-state index >= 15 is 0 Å². The van der Waals surface area contributed by atoms with Gasteiger partial charge in [-0.3, -0.25) is 29.0 Å². The first-order chi connectivity index (χ1) is 34.6. The molecule has 2 fully saturated rings. The molecule has 0 amide bonds. The number of alkyl halides is 1. The van der Waals surface area contributed by atoms with Crippen molar-refractivity contribution in [3.05, 3.63) is 168 Å². The number of ether oxygens (including phenoxy) is 2. The van der Waals surface area contributed by atoms with Crippen LogP contribution in [0.1, 0.15) is 41.9 Å². The zero-order valence-electron chi connectivity index (χ0n) is 38.6. The highest BCUT2D eigenvalue weighted by Gasteiger charge is 2.20. The van der Waals surface area contributed by atoms with Gasteiger partial charge in [0.2, 0.25) is 5.56 Å². The third-order valence-electron chi connectivity index (χ3n) is 11.6. The van der Waals surface area contributed by atoms with Crippen molar-refractivity contribution in [3.63, 3.8) is 0 Å². The van der Waals surface area contributed by atoms with E-state index in [4.69, 9.17) is 44.3 Å². The zero-order chi connectivity index (χ0) is 49.5. The molecule has 0 saturated carbocycles. The number of hydrogen-bond acceptors (Lipinski definition) is 14. The second-order valence-corrected chi connectivity index (χ2v) is 21.9. The smallest absolute Gasteiger partial charge is 0.279 e. The fraction of sp³-hybridized carbons (Fsp3) is 0.320. The Hall–Kier alpha value is -4.83. The van der Waals surface area contributed by atoms with Gasteiger partial charge in [0.25, 0.3) is 17.4 Å². The molecule has 0 unspecified atom stereocenters. The summed E-state index contributed by atoms with van der Waals surface area (Å²) in [5.41, 5.74) is 5.11. The Kier molecular flexibility index (Phi) is 19.4. The first kappa shape index (κ1) is 52.5. The van der Waals surface area contributed by atoms with Crippen LogP contribution in [0.4, 0.5) is 0 Å². The summed E-state index contributed by atoms with van der Waals surface area (Å²) in [4.78, 5) is 60.0. The number of carbonyl (C=O) groups is 2. The quantitative estimate of drug-likeness (QED) is 0.0985.